The maximum Gasteiger partial charge on any atom is 0.327 e. The molecule has 0 aliphatic rings. The molecule has 116 valence electrons. The standard InChI is InChI=1S/C7H18N8O3S2/c8-3(5(16)12-11)1-19-20-2-4(9)6(17)13-15-14-7(10)18/h3-4,15H,1-2,8-9,11H2,(H,12,16)(H,13,17)(H3,10,14,18)/t3-,4-/m0/s1. The Hall–Kier alpha value is -1.25. The molecule has 0 saturated heterocycles. The highest BCUT2D eigenvalue weighted by Gasteiger charge is 2.15. The molecule has 0 rings (SSSR count). The maximum atomic E-state index is 11.4. The molecule has 0 aromatic rings. The summed E-state index contributed by atoms with van der Waals surface area (Å²) in [6.07, 6.45) is 0. The van der Waals surface area contributed by atoms with E-state index in [1.807, 2.05) is 10.9 Å². The van der Waals surface area contributed by atoms with Gasteiger partial charge in [0.05, 0.1) is 12.1 Å². The number of hydrogen-bond donors (Lipinski definition) is 8. The van der Waals surface area contributed by atoms with E-state index in [0.717, 1.165) is 0 Å². The third-order valence-corrected chi connectivity index (χ3v) is 4.24. The minimum absolute atomic E-state index is 0.283. The van der Waals surface area contributed by atoms with E-state index >= 15 is 0 Å². The van der Waals surface area contributed by atoms with Gasteiger partial charge in [-0.15, -0.1) is 5.53 Å². The molecule has 0 aromatic heterocycles. The number of urea groups is 1. The van der Waals surface area contributed by atoms with Crippen molar-refractivity contribution in [2.75, 3.05) is 11.5 Å². The van der Waals surface area contributed by atoms with Crippen molar-refractivity contribution >= 4 is 39.4 Å². The van der Waals surface area contributed by atoms with Crippen LogP contribution in [0.5, 0.6) is 0 Å². The molecular formula is C7H18N8O3S2. The zero-order valence-electron chi connectivity index (χ0n) is 10.4. The van der Waals surface area contributed by atoms with E-state index in [2.05, 4.69) is 11.0 Å². The topological polar surface area (TPSA) is 203 Å². The van der Waals surface area contributed by atoms with Gasteiger partial charge in [-0.1, -0.05) is 21.6 Å². The van der Waals surface area contributed by atoms with Gasteiger partial charge in [-0.2, -0.15) is 0 Å². The Bertz CT molecular complexity index is 344. The fourth-order valence-electron chi connectivity index (χ4n) is 0.748. The summed E-state index contributed by atoms with van der Waals surface area (Å²) in [7, 11) is 2.56. The van der Waals surface area contributed by atoms with Crippen molar-refractivity contribution in [2.24, 2.45) is 23.0 Å². The number of hydrazine groups is 3. The average molecular weight is 326 g/mol. The van der Waals surface area contributed by atoms with E-state index in [0.29, 0.717) is 5.75 Å². The number of hydrogen-bond acceptors (Lipinski definition) is 9. The molecule has 0 saturated carbocycles. The summed E-state index contributed by atoms with van der Waals surface area (Å²) in [5.74, 6) is 4.52. The largest absolute Gasteiger partial charge is 0.351 e. The summed E-state index contributed by atoms with van der Waals surface area (Å²) < 4.78 is 0. The number of nitrogens with two attached hydrogens (primary N) is 4. The second-order valence-corrected chi connectivity index (χ2v) is 5.95. The van der Waals surface area contributed by atoms with Gasteiger partial charge in [-0.25, -0.2) is 10.6 Å². The van der Waals surface area contributed by atoms with Crippen LogP contribution in [0.3, 0.4) is 0 Å². The molecule has 0 heterocycles. The van der Waals surface area contributed by atoms with E-state index in [4.69, 9.17) is 23.0 Å². The van der Waals surface area contributed by atoms with Gasteiger partial charge in [0.1, 0.15) is 0 Å². The van der Waals surface area contributed by atoms with E-state index in [-0.39, 0.29) is 5.75 Å². The van der Waals surface area contributed by atoms with Crippen LogP contribution in [0.15, 0.2) is 0 Å². The molecule has 11 nitrogen and oxygen atoms in total. The summed E-state index contributed by atoms with van der Waals surface area (Å²) in [6.45, 7) is 0. The van der Waals surface area contributed by atoms with Crippen LogP contribution < -0.4 is 44.9 Å². The smallest absolute Gasteiger partial charge is 0.327 e. The molecule has 12 N–H and O–H groups in total. The molecular weight excluding hydrogens is 308 g/mol. The zero-order chi connectivity index (χ0) is 15.5. The second kappa shape index (κ2) is 10.5. The number of carbonyl (C=O) groups excluding carboxylic acids is 3. The fourth-order valence-corrected chi connectivity index (χ4v) is 2.99. The minimum atomic E-state index is -0.851. The van der Waals surface area contributed by atoms with Crippen LogP contribution in [0.1, 0.15) is 0 Å². The first-order valence-corrected chi connectivity index (χ1v) is 7.73. The lowest BCUT2D eigenvalue weighted by molar-refractivity contribution is -0.123. The SMILES string of the molecule is NNC(=O)[C@@H](N)CSSC[C@H](N)C(=O)NNNC(N)=O. The van der Waals surface area contributed by atoms with Crippen molar-refractivity contribution in [3.8, 4) is 0 Å². The second-order valence-electron chi connectivity index (χ2n) is 3.39. The van der Waals surface area contributed by atoms with E-state index in [1.54, 1.807) is 0 Å². The predicted octanol–water partition coefficient (Wildman–Crippen LogP) is -3.78. The average Bonchev–Trinajstić information content (AvgIpc) is 2.41. The predicted molar refractivity (Wildman–Crippen MR) is 77.2 cm³/mol. The normalized spacial score (nSPS) is 13.2. The summed E-state index contributed by atoms with van der Waals surface area (Å²) in [5, 5.41) is 0. The third-order valence-electron chi connectivity index (χ3n) is 1.77. The van der Waals surface area contributed by atoms with Gasteiger partial charge in [0.2, 0.25) is 0 Å². The van der Waals surface area contributed by atoms with Gasteiger partial charge < -0.3 is 17.2 Å². The lowest BCUT2D eigenvalue weighted by Crippen LogP contribution is -2.55. The van der Waals surface area contributed by atoms with Gasteiger partial charge in [0.15, 0.2) is 0 Å². The van der Waals surface area contributed by atoms with Gasteiger partial charge in [0.25, 0.3) is 11.8 Å². The van der Waals surface area contributed by atoms with Crippen molar-refractivity contribution in [2.45, 2.75) is 12.1 Å². The van der Waals surface area contributed by atoms with Gasteiger partial charge in [0, 0.05) is 11.5 Å². The quantitative estimate of drug-likeness (QED) is 0.0687. The Morgan fingerprint density at radius 3 is 1.90 bits per heavy atom. The minimum Gasteiger partial charge on any atom is -0.351 e. The zero-order valence-corrected chi connectivity index (χ0v) is 12.1. The first-order valence-electron chi connectivity index (χ1n) is 5.24. The molecule has 0 radical (unpaired) electrons. The Kier molecular flexibility index (Phi) is 9.87. The molecule has 20 heavy (non-hydrogen) atoms. The molecule has 13 heteroatoms. The van der Waals surface area contributed by atoms with Crippen LogP contribution in [0.4, 0.5) is 4.79 Å². The van der Waals surface area contributed by atoms with E-state index in [9.17, 15) is 14.4 Å². The molecule has 0 aliphatic carbocycles. The molecule has 2 atom stereocenters. The van der Waals surface area contributed by atoms with Crippen LogP contribution >= 0.6 is 21.6 Å². The summed E-state index contributed by atoms with van der Waals surface area (Å²) in [5.41, 5.74) is 23.9. The number of carbonyl (C=O) groups is 3. The van der Waals surface area contributed by atoms with Crippen LogP contribution in [-0.4, -0.2) is 41.4 Å². The summed E-state index contributed by atoms with van der Waals surface area (Å²) >= 11 is 0. The first-order chi connectivity index (χ1) is 9.38. The molecule has 0 spiro atoms. The maximum absolute atomic E-state index is 11.4. The number of primary amides is 1. The summed E-state index contributed by atoms with van der Waals surface area (Å²) in [6, 6.07) is -2.39. The van der Waals surface area contributed by atoms with Crippen molar-refractivity contribution in [1.82, 2.24) is 21.8 Å². The van der Waals surface area contributed by atoms with Crippen molar-refractivity contribution in [3.05, 3.63) is 0 Å². The highest BCUT2D eigenvalue weighted by molar-refractivity contribution is 8.76. The molecule has 0 aliphatic heterocycles. The van der Waals surface area contributed by atoms with Crippen LogP contribution in [0, 0.1) is 0 Å². The Labute approximate surface area is 123 Å². The van der Waals surface area contributed by atoms with Crippen molar-refractivity contribution in [1.29, 1.82) is 0 Å². The van der Waals surface area contributed by atoms with Crippen LogP contribution in [0.2, 0.25) is 0 Å². The van der Waals surface area contributed by atoms with E-state index < -0.39 is 29.9 Å². The molecule has 0 unspecified atom stereocenters. The monoisotopic (exact) mass is 326 g/mol. The van der Waals surface area contributed by atoms with Crippen molar-refractivity contribution in [3.63, 3.8) is 0 Å². The Morgan fingerprint density at radius 1 is 0.950 bits per heavy atom. The van der Waals surface area contributed by atoms with E-state index in [1.165, 1.54) is 21.6 Å². The van der Waals surface area contributed by atoms with Crippen LogP contribution in [-0.2, 0) is 9.59 Å². The number of amides is 4. The van der Waals surface area contributed by atoms with Crippen molar-refractivity contribution < 1.29 is 14.4 Å². The molecule has 0 bridgehead atoms. The number of rotatable bonds is 9. The summed E-state index contributed by atoms with van der Waals surface area (Å²) in [4.78, 5) is 32.7. The van der Waals surface area contributed by atoms with Gasteiger partial charge >= 0.3 is 6.03 Å². The highest BCUT2D eigenvalue weighted by Crippen LogP contribution is 2.22. The Balaban J connectivity index is 3.71. The third kappa shape index (κ3) is 8.78. The van der Waals surface area contributed by atoms with Gasteiger partial charge in [-0.05, 0) is 0 Å². The first kappa shape index (κ1) is 18.8. The lowest BCUT2D eigenvalue weighted by Gasteiger charge is -2.13. The van der Waals surface area contributed by atoms with Gasteiger partial charge in [-0.3, -0.25) is 25.9 Å². The van der Waals surface area contributed by atoms with Crippen LogP contribution in [0.25, 0.3) is 0 Å². The highest BCUT2D eigenvalue weighted by atomic mass is 33.1. The molecule has 0 aromatic carbocycles. The Morgan fingerprint density at radius 2 is 1.45 bits per heavy atom. The molecule has 0 fully saturated rings. The fraction of sp³-hybridized carbons (Fsp3) is 0.571. The number of nitrogens with one attached hydrogen (secondary N) is 4. The lowest BCUT2D eigenvalue weighted by atomic mass is 10.3. The molecule has 4 amide bonds.